The molecule has 1 aromatic rings. The van der Waals surface area contributed by atoms with Crippen LogP contribution in [0.15, 0.2) is 35.3 Å². The number of nitrogens with one attached hydrogen (secondary N) is 2. The van der Waals surface area contributed by atoms with Crippen LogP contribution in [0.4, 0.5) is 0 Å². The van der Waals surface area contributed by atoms with Crippen molar-refractivity contribution in [3.05, 3.63) is 35.9 Å². The van der Waals surface area contributed by atoms with E-state index in [0.29, 0.717) is 12.1 Å². The van der Waals surface area contributed by atoms with Crippen LogP contribution in [0, 0.1) is 0 Å². The van der Waals surface area contributed by atoms with E-state index in [0.717, 1.165) is 19.0 Å². The fraction of sp³-hybridized carbons (Fsp3) is 0.682. The molecule has 0 amide bonds. The third-order valence-electron chi connectivity index (χ3n) is 6.18. The van der Waals surface area contributed by atoms with Crippen LogP contribution >= 0.6 is 24.0 Å². The van der Waals surface area contributed by atoms with E-state index in [9.17, 15) is 0 Å². The minimum absolute atomic E-state index is 0. The van der Waals surface area contributed by atoms with E-state index in [-0.39, 0.29) is 29.4 Å². The normalized spacial score (nSPS) is 20.7. The van der Waals surface area contributed by atoms with Crippen molar-refractivity contribution in [1.29, 1.82) is 0 Å². The molecule has 2 fully saturated rings. The van der Waals surface area contributed by atoms with E-state index in [1.807, 2.05) is 0 Å². The summed E-state index contributed by atoms with van der Waals surface area (Å²) in [7, 11) is 0. The quantitative estimate of drug-likeness (QED) is 0.362. The maximum atomic E-state index is 5.01. The van der Waals surface area contributed by atoms with Gasteiger partial charge in [0.1, 0.15) is 0 Å². The second-order valence-corrected chi connectivity index (χ2v) is 8.24. The Hall–Kier alpha value is -0.820. The molecule has 2 aliphatic rings. The van der Waals surface area contributed by atoms with Crippen molar-refractivity contribution in [2.75, 3.05) is 26.2 Å². The molecule has 5 heteroatoms. The average Bonchev–Trinajstić information content (AvgIpc) is 2.62. The lowest BCUT2D eigenvalue weighted by Crippen LogP contribution is -2.50. The third-order valence-corrected chi connectivity index (χ3v) is 6.18. The second-order valence-electron chi connectivity index (χ2n) is 8.24. The standard InChI is InChI=1S/C22H36N4.HI/c1-4-23-21(25-20-11-15-26(16-12-20)18(2)3)24-17-22(13-8-14-22)19-9-6-5-7-10-19;/h5-7,9-10,18,20H,4,8,11-17H2,1-3H3,(H2,23,24,25);1H. The van der Waals surface area contributed by atoms with Crippen molar-refractivity contribution in [3.63, 3.8) is 0 Å². The lowest BCUT2D eigenvalue weighted by molar-refractivity contribution is 0.167. The van der Waals surface area contributed by atoms with Crippen LogP contribution in [0.1, 0.15) is 58.4 Å². The summed E-state index contributed by atoms with van der Waals surface area (Å²) in [5, 5.41) is 7.16. The van der Waals surface area contributed by atoms with E-state index < -0.39 is 0 Å². The van der Waals surface area contributed by atoms with Gasteiger partial charge in [-0.1, -0.05) is 36.8 Å². The van der Waals surface area contributed by atoms with Crippen molar-refractivity contribution in [3.8, 4) is 0 Å². The monoisotopic (exact) mass is 484 g/mol. The van der Waals surface area contributed by atoms with E-state index >= 15 is 0 Å². The molecule has 0 spiro atoms. The maximum Gasteiger partial charge on any atom is 0.191 e. The number of nitrogens with zero attached hydrogens (tertiary/aromatic N) is 2. The first-order valence-electron chi connectivity index (χ1n) is 10.5. The second kappa shape index (κ2) is 10.6. The van der Waals surface area contributed by atoms with Gasteiger partial charge in [-0.25, -0.2) is 0 Å². The van der Waals surface area contributed by atoms with Crippen molar-refractivity contribution >= 4 is 29.9 Å². The molecule has 1 aliphatic carbocycles. The molecule has 27 heavy (non-hydrogen) atoms. The Morgan fingerprint density at radius 2 is 1.85 bits per heavy atom. The van der Waals surface area contributed by atoms with Crippen molar-refractivity contribution < 1.29 is 0 Å². The summed E-state index contributed by atoms with van der Waals surface area (Å²) >= 11 is 0. The molecule has 0 aromatic heterocycles. The molecular weight excluding hydrogens is 447 g/mol. The summed E-state index contributed by atoms with van der Waals surface area (Å²) in [6, 6.07) is 12.2. The van der Waals surface area contributed by atoms with Gasteiger partial charge in [-0.3, -0.25) is 4.99 Å². The van der Waals surface area contributed by atoms with Gasteiger partial charge < -0.3 is 15.5 Å². The lowest BCUT2D eigenvalue weighted by Gasteiger charge is -2.41. The van der Waals surface area contributed by atoms with Crippen LogP contribution in [0.2, 0.25) is 0 Å². The highest BCUT2D eigenvalue weighted by molar-refractivity contribution is 14.0. The highest BCUT2D eigenvalue weighted by Crippen LogP contribution is 2.43. The van der Waals surface area contributed by atoms with Crippen LogP contribution in [0.5, 0.6) is 0 Å². The van der Waals surface area contributed by atoms with Crippen LogP contribution < -0.4 is 10.6 Å². The van der Waals surface area contributed by atoms with Gasteiger partial charge in [-0.15, -0.1) is 24.0 Å². The Kier molecular flexibility index (Phi) is 8.86. The highest BCUT2D eigenvalue weighted by atomic mass is 127. The summed E-state index contributed by atoms with van der Waals surface area (Å²) < 4.78 is 0. The Bertz CT molecular complexity index is 575. The van der Waals surface area contributed by atoms with Gasteiger partial charge in [0.2, 0.25) is 0 Å². The molecular formula is C22H37IN4. The minimum atomic E-state index is 0. The Morgan fingerprint density at radius 3 is 2.37 bits per heavy atom. The predicted octanol–water partition coefficient (Wildman–Crippen LogP) is 4.15. The van der Waals surface area contributed by atoms with E-state index in [1.165, 1.54) is 50.8 Å². The number of piperidine rings is 1. The maximum absolute atomic E-state index is 5.01. The molecule has 152 valence electrons. The summed E-state index contributed by atoms with van der Waals surface area (Å²) in [6.07, 6.45) is 6.24. The number of guanidine groups is 1. The van der Waals surface area contributed by atoms with Crippen molar-refractivity contribution in [2.45, 2.75) is 70.4 Å². The lowest BCUT2D eigenvalue weighted by atomic mass is 9.64. The molecule has 1 saturated heterocycles. The number of aliphatic imine (C=N–C) groups is 1. The van der Waals surface area contributed by atoms with Crippen molar-refractivity contribution in [2.24, 2.45) is 4.99 Å². The van der Waals surface area contributed by atoms with Crippen LogP contribution in [0.25, 0.3) is 0 Å². The zero-order chi connectivity index (χ0) is 18.4. The van der Waals surface area contributed by atoms with Crippen LogP contribution in [-0.4, -0.2) is 49.1 Å². The largest absolute Gasteiger partial charge is 0.357 e. The highest BCUT2D eigenvalue weighted by Gasteiger charge is 2.38. The number of likely N-dealkylation sites (tertiary alicyclic amines) is 1. The number of benzene rings is 1. The van der Waals surface area contributed by atoms with Crippen molar-refractivity contribution in [1.82, 2.24) is 15.5 Å². The summed E-state index contributed by atoms with van der Waals surface area (Å²) in [6.45, 7) is 10.9. The topological polar surface area (TPSA) is 39.7 Å². The molecule has 1 aliphatic heterocycles. The number of hydrogen-bond acceptors (Lipinski definition) is 2. The Morgan fingerprint density at radius 1 is 1.19 bits per heavy atom. The smallest absolute Gasteiger partial charge is 0.191 e. The summed E-state index contributed by atoms with van der Waals surface area (Å²) in [5.41, 5.74) is 1.71. The zero-order valence-corrected chi connectivity index (χ0v) is 19.5. The number of hydrogen-bond donors (Lipinski definition) is 2. The first-order chi connectivity index (χ1) is 12.6. The minimum Gasteiger partial charge on any atom is -0.357 e. The van der Waals surface area contributed by atoms with E-state index in [1.54, 1.807) is 0 Å². The van der Waals surface area contributed by atoms with Gasteiger partial charge in [0.05, 0.1) is 6.54 Å². The summed E-state index contributed by atoms with van der Waals surface area (Å²) in [4.78, 5) is 7.58. The van der Waals surface area contributed by atoms with Gasteiger partial charge >= 0.3 is 0 Å². The zero-order valence-electron chi connectivity index (χ0n) is 17.2. The molecule has 1 saturated carbocycles. The summed E-state index contributed by atoms with van der Waals surface area (Å²) in [5.74, 6) is 0.998. The Labute approximate surface area is 182 Å². The first kappa shape index (κ1) is 22.5. The average molecular weight is 484 g/mol. The molecule has 0 atom stereocenters. The molecule has 3 rings (SSSR count). The molecule has 0 radical (unpaired) electrons. The fourth-order valence-electron chi connectivity index (χ4n) is 4.24. The SMILES string of the molecule is CCNC(=NCC1(c2ccccc2)CCC1)NC1CCN(C(C)C)CC1.I. The molecule has 0 bridgehead atoms. The molecule has 1 heterocycles. The first-order valence-corrected chi connectivity index (χ1v) is 10.5. The molecule has 4 nitrogen and oxygen atoms in total. The molecule has 0 unspecified atom stereocenters. The van der Waals surface area contributed by atoms with Gasteiger partial charge in [0.15, 0.2) is 5.96 Å². The Balaban J connectivity index is 0.00000261. The van der Waals surface area contributed by atoms with Gasteiger partial charge in [-0.05, 0) is 52.0 Å². The number of rotatable bonds is 6. The van der Waals surface area contributed by atoms with Gasteiger partial charge in [0.25, 0.3) is 0 Å². The number of halogens is 1. The van der Waals surface area contributed by atoms with E-state index in [2.05, 4.69) is 66.6 Å². The molecule has 2 N–H and O–H groups in total. The fourth-order valence-corrected chi connectivity index (χ4v) is 4.24. The van der Waals surface area contributed by atoms with Crippen LogP contribution in [-0.2, 0) is 5.41 Å². The third kappa shape index (κ3) is 5.83. The van der Waals surface area contributed by atoms with Gasteiger partial charge in [-0.2, -0.15) is 0 Å². The van der Waals surface area contributed by atoms with Gasteiger partial charge in [0, 0.05) is 37.1 Å². The predicted molar refractivity (Wildman–Crippen MR) is 126 cm³/mol. The molecule has 1 aromatic carbocycles. The van der Waals surface area contributed by atoms with E-state index in [4.69, 9.17) is 4.99 Å². The van der Waals surface area contributed by atoms with Crippen LogP contribution in [0.3, 0.4) is 0 Å².